The number of ether oxygens (including phenoxy) is 1. The number of aldehydes is 1. The minimum atomic E-state index is 0.268. The van der Waals surface area contributed by atoms with Gasteiger partial charge in [-0.3, -0.25) is 0 Å². The fourth-order valence-corrected chi connectivity index (χ4v) is 3.58. The lowest BCUT2D eigenvalue weighted by Gasteiger charge is -2.42. The summed E-state index contributed by atoms with van der Waals surface area (Å²) in [6.07, 6.45) is 9.04. The van der Waals surface area contributed by atoms with Gasteiger partial charge in [0.1, 0.15) is 6.29 Å². The molecule has 0 aromatic rings. The molecule has 86 valence electrons. The Morgan fingerprint density at radius 1 is 1.20 bits per heavy atom. The first-order chi connectivity index (χ1) is 7.35. The van der Waals surface area contributed by atoms with E-state index in [1.54, 1.807) is 7.11 Å². The maximum atomic E-state index is 11.1. The highest BCUT2D eigenvalue weighted by Crippen LogP contribution is 2.44. The molecule has 0 spiro atoms. The third kappa shape index (κ3) is 2.41. The molecule has 0 aromatic heterocycles. The molecule has 0 radical (unpaired) electrons. The van der Waals surface area contributed by atoms with Crippen LogP contribution < -0.4 is 0 Å². The number of carbonyl (C=O) groups is 1. The largest absolute Gasteiger partial charge is 0.384 e. The van der Waals surface area contributed by atoms with E-state index in [9.17, 15) is 4.79 Å². The monoisotopic (exact) mass is 210 g/mol. The van der Waals surface area contributed by atoms with Crippen molar-refractivity contribution < 1.29 is 9.53 Å². The number of hydrogen-bond donors (Lipinski definition) is 0. The smallest absolute Gasteiger partial charge is 0.123 e. The van der Waals surface area contributed by atoms with Crippen LogP contribution in [-0.2, 0) is 9.53 Å². The van der Waals surface area contributed by atoms with Gasteiger partial charge in [-0.15, -0.1) is 0 Å². The number of rotatable bonds is 3. The van der Waals surface area contributed by atoms with Gasteiger partial charge < -0.3 is 9.53 Å². The zero-order valence-electron chi connectivity index (χ0n) is 9.65. The molecule has 0 heterocycles. The lowest BCUT2D eigenvalue weighted by molar-refractivity contribution is -0.116. The Morgan fingerprint density at radius 3 is 2.47 bits per heavy atom. The van der Waals surface area contributed by atoms with E-state index >= 15 is 0 Å². The Balaban J connectivity index is 1.98. The van der Waals surface area contributed by atoms with Crippen LogP contribution in [0.4, 0.5) is 0 Å². The quantitative estimate of drug-likeness (QED) is 0.669. The molecule has 0 N–H and O–H groups in total. The predicted octanol–water partition coefficient (Wildman–Crippen LogP) is 2.66. The van der Waals surface area contributed by atoms with Gasteiger partial charge in [0.05, 0.1) is 0 Å². The summed E-state index contributed by atoms with van der Waals surface area (Å²) in [7, 11) is 1.74. The molecule has 2 heteroatoms. The average Bonchev–Trinajstić information content (AvgIpc) is 2.28. The van der Waals surface area contributed by atoms with Gasteiger partial charge in [-0.05, 0) is 30.6 Å². The van der Waals surface area contributed by atoms with Crippen LogP contribution >= 0.6 is 0 Å². The van der Waals surface area contributed by atoms with Gasteiger partial charge in [-0.1, -0.05) is 25.7 Å². The highest BCUT2D eigenvalue weighted by Gasteiger charge is 2.37. The maximum Gasteiger partial charge on any atom is 0.123 e. The van der Waals surface area contributed by atoms with Gasteiger partial charge in [0, 0.05) is 19.6 Å². The molecular formula is C13H22O2. The first-order valence-electron chi connectivity index (χ1n) is 6.29. The highest BCUT2D eigenvalue weighted by atomic mass is 16.5. The second-order valence-electron chi connectivity index (χ2n) is 5.29. The van der Waals surface area contributed by atoms with E-state index in [-0.39, 0.29) is 5.92 Å². The molecule has 15 heavy (non-hydrogen) atoms. The summed E-state index contributed by atoms with van der Waals surface area (Å²) in [4.78, 5) is 11.1. The summed E-state index contributed by atoms with van der Waals surface area (Å²) in [6.45, 7) is 0.770. The third-order valence-corrected chi connectivity index (χ3v) is 4.41. The van der Waals surface area contributed by atoms with Crippen LogP contribution in [0.3, 0.4) is 0 Å². The van der Waals surface area contributed by atoms with Gasteiger partial charge in [-0.2, -0.15) is 0 Å². The van der Waals surface area contributed by atoms with Crippen LogP contribution in [0.2, 0.25) is 0 Å². The van der Waals surface area contributed by atoms with Crippen molar-refractivity contribution >= 4 is 6.29 Å². The Morgan fingerprint density at radius 2 is 1.87 bits per heavy atom. The second-order valence-corrected chi connectivity index (χ2v) is 5.29. The predicted molar refractivity (Wildman–Crippen MR) is 59.6 cm³/mol. The van der Waals surface area contributed by atoms with E-state index in [1.807, 2.05) is 0 Å². The molecule has 0 amide bonds. The van der Waals surface area contributed by atoms with Crippen molar-refractivity contribution in [3.8, 4) is 0 Å². The molecule has 0 saturated heterocycles. The minimum Gasteiger partial charge on any atom is -0.384 e. The van der Waals surface area contributed by atoms with Crippen molar-refractivity contribution in [2.75, 3.05) is 13.7 Å². The topological polar surface area (TPSA) is 26.3 Å². The van der Waals surface area contributed by atoms with Gasteiger partial charge in [0.2, 0.25) is 0 Å². The third-order valence-electron chi connectivity index (χ3n) is 4.41. The van der Waals surface area contributed by atoms with Crippen molar-refractivity contribution in [2.24, 2.45) is 23.7 Å². The van der Waals surface area contributed by atoms with Crippen molar-refractivity contribution in [1.29, 1.82) is 0 Å². The maximum absolute atomic E-state index is 11.1. The zero-order chi connectivity index (χ0) is 10.7. The van der Waals surface area contributed by atoms with Crippen molar-refractivity contribution in [2.45, 2.75) is 38.5 Å². The molecule has 2 aliphatic carbocycles. The zero-order valence-corrected chi connectivity index (χ0v) is 9.65. The van der Waals surface area contributed by atoms with E-state index in [2.05, 4.69) is 0 Å². The van der Waals surface area contributed by atoms with E-state index in [4.69, 9.17) is 4.74 Å². The summed E-state index contributed by atoms with van der Waals surface area (Å²) in [6, 6.07) is 0. The molecule has 4 unspecified atom stereocenters. The average molecular weight is 210 g/mol. The Kier molecular flexibility index (Phi) is 3.79. The normalized spacial score (nSPS) is 40.9. The van der Waals surface area contributed by atoms with Crippen molar-refractivity contribution in [1.82, 2.24) is 0 Å². The highest BCUT2D eigenvalue weighted by molar-refractivity contribution is 5.54. The second kappa shape index (κ2) is 5.11. The summed E-state index contributed by atoms with van der Waals surface area (Å²) in [5, 5.41) is 0. The van der Waals surface area contributed by atoms with Gasteiger partial charge in [0.15, 0.2) is 0 Å². The number of methoxy groups -OCH3 is 1. The summed E-state index contributed by atoms with van der Waals surface area (Å²) < 4.78 is 5.23. The molecule has 2 fully saturated rings. The fourth-order valence-electron chi connectivity index (χ4n) is 3.58. The van der Waals surface area contributed by atoms with Gasteiger partial charge in [-0.25, -0.2) is 0 Å². The van der Waals surface area contributed by atoms with Gasteiger partial charge in [0.25, 0.3) is 0 Å². The molecule has 0 aliphatic heterocycles. The number of fused-ring (bicyclic) bond motifs is 1. The molecule has 2 saturated carbocycles. The minimum absolute atomic E-state index is 0.268. The molecule has 2 rings (SSSR count). The molecule has 2 nitrogen and oxygen atoms in total. The van der Waals surface area contributed by atoms with Crippen molar-refractivity contribution in [3.05, 3.63) is 0 Å². The molecule has 4 atom stereocenters. The van der Waals surface area contributed by atoms with Crippen LogP contribution in [0.25, 0.3) is 0 Å². The van der Waals surface area contributed by atoms with E-state index in [1.165, 1.54) is 38.4 Å². The van der Waals surface area contributed by atoms with E-state index in [0.717, 1.165) is 24.9 Å². The summed E-state index contributed by atoms with van der Waals surface area (Å²) in [5.41, 5.74) is 0. The first kappa shape index (κ1) is 11.1. The van der Waals surface area contributed by atoms with E-state index in [0.29, 0.717) is 5.92 Å². The number of hydrogen-bond acceptors (Lipinski definition) is 2. The van der Waals surface area contributed by atoms with Crippen LogP contribution in [0, 0.1) is 23.7 Å². The first-order valence-corrected chi connectivity index (χ1v) is 6.29. The van der Waals surface area contributed by atoms with Crippen LogP contribution in [0.1, 0.15) is 38.5 Å². The lowest BCUT2D eigenvalue weighted by Crippen LogP contribution is -2.36. The van der Waals surface area contributed by atoms with E-state index < -0.39 is 0 Å². The summed E-state index contributed by atoms with van der Waals surface area (Å²) in [5.74, 6) is 2.48. The molecule has 2 aliphatic rings. The Labute approximate surface area is 92.4 Å². The van der Waals surface area contributed by atoms with Crippen LogP contribution in [-0.4, -0.2) is 20.0 Å². The molecule has 0 aromatic carbocycles. The summed E-state index contributed by atoms with van der Waals surface area (Å²) >= 11 is 0. The van der Waals surface area contributed by atoms with Gasteiger partial charge >= 0.3 is 0 Å². The SMILES string of the molecule is COCC1CC2CCCCC2CC1C=O. The van der Waals surface area contributed by atoms with Crippen LogP contribution in [0.15, 0.2) is 0 Å². The Hall–Kier alpha value is -0.370. The Bertz CT molecular complexity index is 215. The molecule has 0 bridgehead atoms. The van der Waals surface area contributed by atoms with Crippen molar-refractivity contribution in [3.63, 3.8) is 0 Å². The molecular weight excluding hydrogens is 188 g/mol. The van der Waals surface area contributed by atoms with Crippen LogP contribution in [0.5, 0.6) is 0 Å². The standard InChI is InChI=1S/C13H22O2/c1-15-9-13-7-11-5-3-2-4-10(11)6-12(13)8-14/h8,10-13H,2-7,9H2,1H3. The lowest BCUT2D eigenvalue weighted by atomic mass is 9.64. The number of carbonyl (C=O) groups excluding carboxylic acids is 1. The fraction of sp³-hybridized carbons (Fsp3) is 0.923.